The Morgan fingerprint density at radius 3 is 2.26 bits per heavy atom. The first-order valence-corrected chi connectivity index (χ1v) is 19.7. The minimum Gasteiger partial charge on any atom is -0.394 e. The van der Waals surface area contributed by atoms with E-state index in [0.29, 0.717) is 41.4 Å². The summed E-state index contributed by atoms with van der Waals surface area (Å²) in [6.45, 7) is 9.79. The molecule has 8 fully saturated rings. The molecule has 8 rings (SSSR count). The second kappa shape index (κ2) is 13.4. The van der Waals surface area contributed by atoms with Crippen LogP contribution in [0.25, 0.3) is 0 Å². The van der Waals surface area contributed by atoms with Crippen LogP contribution in [0, 0.1) is 52.3 Å². The fourth-order valence-electron chi connectivity index (χ4n) is 12.9. The van der Waals surface area contributed by atoms with Gasteiger partial charge >= 0.3 is 0 Å². The van der Waals surface area contributed by atoms with Crippen molar-refractivity contribution < 1.29 is 59.1 Å². The summed E-state index contributed by atoms with van der Waals surface area (Å²) in [4.78, 5) is 0. The van der Waals surface area contributed by atoms with E-state index in [1.54, 1.807) is 0 Å². The quantitative estimate of drug-likeness (QED) is 0.230. The lowest BCUT2D eigenvalue weighted by molar-refractivity contribution is -0.364. The molecule has 0 amide bonds. The molecule has 6 N–H and O–H groups in total. The van der Waals surface area contributed by atoms with Gasteiger partial charge in [0.2, 0.25) is 0 Å². The fraction of sp³-hybridized carbons (Fsp3) is 1.00. The smallest absolute Gasteiger partial charge is 0.187 e. The van der Waals surface area contributed by atoms with Crippen molar-refractivity contribution in [2.24, 2.45) is 52.3 Å². The lowest BCUT2D eigenvalue weighted by Crippen LogP contribution is -2.63. The van der Waals surface area contributed by atoms with Crippen LogP contribution in [0.3, 0.4) is 0 Å². The van der Waals surface area contributed by atoms with Crippen LogP contribution in [-0.2, 0) is 28.4 Å². The van der Waals surface area contributed by atoms with Crippen LogP contribution >= 0.6 is 0 Å². The van der Waals surface area contributed by atoms with Crippen molar-refractivity contribution in [2.45, 2.75) is 165 Å². The number of aliphatic hydroxyl groups is 6. The van der Waals surface area contributed by atoms with Crippen LogP contribution in [0.1, 0.15) is 91.9 Å². The Bertz CT molecular complexity index is 1210. The van der Waals surface area contributed by atoms with Crippen LogP contribution < -0.4 is 0 Å². The third kappa shape index (κ3) is 5.68. The van der Waals surface area contributed by atoms with Gasteiger partial charge in [0.15, 0.2) is 18.4 Å². The maximum atomic E-state index is 11.1. The van der Waals surface area contributed by atoms with E-state index < -0.39 is 61.9 Å². The highest BCUT2D eigenvalue weighted by Crippen LogP contribution is 2.71. The molecule has 0 radical (unpaired) electrons. The van der Waals surface area contributed by atoms with E-state index >= 15 is 0 Å². The molecule has 1 spiro atoms. The highest BCUT2D eigenvalue weighted by Gasteiger charge is 2.69. The molecular weight excluding hydrogens is 648 g/mol. The number of hydrogen-bond acceptors (Lipinski definition) is 12. The Balaban J connectivity index is 0.939. The Morgan fingerprint density at radius 2 is 1.52 bits per heavy atom. The van der Waals surface area contributed by atoms with Gasteiger partial charge in [0.05, 0.1) is 32.0 Å². The second-order valence-electron chi connectivity index (χ2n) is 18.3. The molecule has 286 valence electrons. The van der Waals surface area contributed by atoms with Crippen molar-refractivity contribution in [2.75, 3.05) is 19.8 Å². The topological polar surface area (TPSA) is 177 Å². The largest absolute Gasteiger partial charge is 0.394 e. The van der Waals surface area contributed by atoms with Gasteiger partial charge in [-0.3, -0.25) is 0 Å². The highest BCUT2D eigenvalue weighted by atomic mass is 16.8. The highest BCUT2D eigenvalue weighted by molar-refractivity contribution is 5.15. The fourth-order valence-corrected chi connectivity index (χ4v) is 12.9. The third-order valence-corrected chi connectivity index (χ3v) is 15.8. The zero-order valence-electron chi connectivity index (χ0n) is 30.2. The second-order valence-corrected chi connectivity index (χ2v) is 18.3. The van der Waals surface area contributed by atoms with Crippen molar-refractivity contribution >= 4 is 0 Å². The zero-order valence-corrected chi connectivity index (χ0v) is 30.2. The minimum atomic E-state index is -1.58. The van der Waals surface area contributed by atoms with E-state index in [9.17, 15) is 30.6 Å². The van der Waals surface area contributed by atoms with Crippen LogP contribution in [0.4, 0.5) is 0 Å². The lowest BCUT2D eigenvalue weighted by atomic mass is 9.44. The first kappa shape index (κ1) is 36.5. The average Bonchev–Trinajstić information content (AvgIpc) is 3.54. The molecule has 12 nitrogen and oxygen atoms in total. The number of rotatable bonds is 5. The van der Waals surface area contributed by atoms with Crippen molar-refractivity contribution in [3.05, 3.63) is 0 Å². The van der Waals surface area contributed by atoms with Gasteiger partial charge in [-0.15, -0.1) is 0 Å². The van der Waals surface area contributed by atoms with Gasteiger partial charge in [0, 0.05) is 12.3 Å². The third-order valence-electron chi connectivity index (χ3n) is 15.8. The Labute approximate surface area is 296 Å². The van der Waals surface area contributed by atoms with Gasteiger partial charge in [-0.2, -0.15) is 0 Å². The number of aliphatic hydroxyl groups excluding tert-OH is 6. The molecule has 0 aromatic carbocycles. The number of ether oxygens (including phenoxy) is 6. The van der Waals surface area contributed by atoms with Gasteiger partial charge in [0.25, 0.3) is 0 Å². The first-order chi connectivity index (χ1) is 23.8. The van der Waals surface area contributed by atoms with E-state index in [0.717, 1.165) is 45.1 Å². The molecular formula is C38H62O12. The SMILES string of the molecule is C[C@@H]1CC[C@@]2(OC1)O[C@H]1C[C@@H]3[C@H]4CC[C@@H]5C[C@@H](O[C@@H]6O[C@H](CO)[C@H](O)[C@H](O)[C@H]6O[C@@H]6OC[C@@H](O)[C@H](O)[C@H]6O)CC[C@]5(C)[C@@H]4CC[C@]3(C)[C@H]1[C@@H]2C. The van der Waals surface area contributed by atoms with Crippen molar-refractivity contribution in [3.8, 4) is 0 Å². The van der Waals surface area contributed by atoms with Crippen LogP contribution in [0.2, 0.25) is 0 Å². The van der Waals surface area contributed by atoms with E-state index in [1.165, 1.54) is 25.7 Å². The minimum absolute atomic E-state index is 0.185. The molecule has 12 heteroatoms. The van der Waals surface area contributed by atoms with E-state index in [4.69, 9.17) is 28.4 Å². The molecule has 0 aromatic rings. The van der Waals surface area contributed by atoms with Gasteiger partial charge < -0.3 is 59.1 Å². The normalized spacial score (nSPS) is 59.4. The number of hydrogen-bond donors (Lipinski definition) is 6. The van der Waals surface area contributed by atoms with Gasteiger partial charge in [0.1, 0.15) is 42.7 Å². The van der Waals surface area contributed by atoms with E-state index in [2.05, 4.69) is 27.7 Å². The summed E-state index contributed by atoms with van der Waals surface area (Å²) < 4.78 is 37.4. The molecule has 0 unspecified atom stereocenters. The molecule has 4 aliphatic carbocycles. The average molecular weight is 711 g/mol. The summed E-state index contributed by atoms with van der Waals surface area (Å²) in [5, 5.41) is 62.2. The Morgan fingerprint density at radius 1 is 0.740 bits per heavy atom. The standard InChI is InChI=1S/C38H62O12/c1-18-7-12-38(46-16-18)19(2)28-26(50-38)14-24-22-6-5-20-13-21(8-10-36(20,3)23(22)9-11-37(24,28)4)47-35-33(31(43)30(42)27(15-39)48-35)49-34-32(44)29(41)25(40)17-45-34/h18-35,39-44H,5-17H2,1-4H3/t18-,19+,20-,21+,22+,23-,24-,25-,26+,27-,28+,29+,30+,31+,32-,33-,34+,35-,36+,37+,38-/m1/s1. The van der Waals surface area contributed by atoms with Crippen LogP contribution in [0.15, 0.2) is 0 Å². The predicted molar refractivity (Wildman–Crippen MR) is 177 cm³/mol. The van der Waals surface area contributed by atoms with E-state index in [1.807, 2.05) is 0 Å². The molecule has 4 heterocycles. The Kier molecular flexibility index (Phi) is 9.76. The summed E-state index contributed by atoms with van der Waals surface area (Å²) in [6, 6.07) is 0. The van der Waals surface area contributed by atoms with Crippen molar-refractivity contribution in [1.29, 1.82) is 0 Å². The predicted octanol–water partition coefficient (Wildman–Crippen LogP) is 2.08. The molecule has 4 saturated carbocycles. The van der Waals surface area contributed by atoms with E-state index in [-0.39, 0.29) is 35.4 Å². The first-order valence-electron chi connectivity index (χ1n) is 19.7. The maximum Gasteiger partial charge on any atom is 0.187 e. The molecule has 4 saturated heterocycles. The Hall–Kier alpha value is -0.480. The summed E-state index contributed by atoms with van der Waals surface area (Å²) in [5.41, 5.74) is 0.470. The molecule has 4 aliphatic heterocycles. The molecule has 0 bridgehead atoms. The summed E-state index contributed by atoms with van der Waals surface area (Å²) in [6.07, 6.45) is -1.27. The number of fused-ring (bicyclic) bond motifs is 7. The molecule has 8 aliphatic rings. The van der Waals surface area contributed by atoms with Crippen LogP contribution in [0.5, 0.6) is 0 Å². The summed E-state index contributed by atoms with van der Waals surface area (Å²) >= 11 is 0. The maximum absolute atomic E-state index is 11.1. The van der Waals surface area contributed by atoms with Gasteiger partial charge in [-0.05, 0) is 104 Å². The van der Waals surface area contributed by atoms with Crippen LogP contribution in [-0.4, -0.2) is 124 Å². The van der Waals surface area contributed by atoms with Crippen molar-refractivity contribution in [3.63, 3.8) is 0 Å². The van der Waals surface area contributed by atoms with Gasteiger partial charge in [-0.1, -0.05) is 27.7 Å². The molecule has 0 aromatic heterocycles. The monoisotopic (exact) mass is 710 g/mol. The zero-order chi connectivity index (χ0) is 35.3. The molecule has 50 heavy (non-hydrogen) atoms. The lowest BCUT2D eigenvalue weighted by Gasteiger charge is -2.61. The van der Waals surface area contributed by atoms with Crippen molar-refractivity contribution in [1.82, 2.24) is 0 Å². The summed E-state index contributed by atoms with van der Waals surface area (Å²) in [5.74, 6) is 3.65. The summed E-state index contributed by atoms with van der Waals surface area (Å²) in [7, 11) is 0. The molecule has 21 atom stereocenters. The van der Waals surface area contributed by atoms with Gasteiger partial charge in [-0.25, -0.2) is 0 Å².